The summed E-state index contributed by atoms with van der Waals surface area (Å²) in [7, 11) is 2.23. The lowest BCUT2D eigenvalue weighted by molar-refractivity contribution is -0.0333. The number of aliphatic imine (C=N–C) groups is 1. The smallest absolute Gasteiger partial charge is 0.191 e. The van der Waals surface area contributed by atoms with Crippen molar-refractivity contribution in [2.75, 3.05) is 85.7 Å². The van der Waals surface area contributed by atoms with Crippen LogP contribution in [0.5, 0.6) is 0 Å². The molecule has 3 fully saturated rings. The molecular weight excluding hydrogens is 491 g/mol. The predicted molar refractivity (Wildman–Crippen MR) is 136 cm³/mol. The number of guanidine groups is 1. The van der Waals surface area contributed by atoms with E-state index in [1.54, 1.807) is 0 Å². The molecular formula is C22H45IN6O. The molecule has 0 radical (unpaired) electrons. The van der Waals surface area contributed by atoms with Gasteiger partial charge in [-0.3, -0.25) is 9.89 Å². The lowest BCUT2D eigenvalue weighted by Gasteiger charge is -2.47. The Morgan fingerprint density at radius 3 is 2.43 bits per heavy atom. The van der Waals surface area contributed by atoms with Gasteiger partial charge in [0.15, 0.2) is 5.96 Å². The normalized spacial score (nSPS) is 24.7. The van der Waals surface area contributed by atoms with Crippen molar-refractivity contribution in [2.45, 2.75) is 51.0 Å². The third kappa shape index (κ3) is 8.07. The van der Waals surface area contributed by atoms with E-state index in [2.05, 4.69) is 39.3 Å². The van der Waals surface area contributed by atoms with Crippen LogP contribution in [0.25, 0.3) is 0 Å². The van der Waals surface area contributed by atoms with E-state index in [0.29, 0.717) is 0 Å². The van der Waals surface area contributed by atoms with Crippen LogP contribution in [-0.2, 0) is 4.74 Å². The summed E-state index contributed by atoms with van der Waals surface area (Å²) < 4.78 is 5.62. The average molecular weight is 537 g/mol. The molecule has 0 atom stereocenters. The number of nitrogens with one attached hydrogen (secondary N) is 2. The molecule has 0 unspecified atom stereocenters. The third-order valence-corrected chi connectivity index (χ3v) is 6.87. The predicted octanol–water partition coefficient (Wildman–Crippen LogP) is 1.83. The molecule has 3 rings (SSSR count). The zero-order valence-corrected chi connectivity index (χ0v) is 21.7. The van der Waals surface area contributed by atoms with Gasteiger partial charge in [-0.1, -0.05) is 19.3 Å². The molecule has 0 aromatic carbocycles. The minimum atomic E-state index is 0. The Hall–Kier alpha value is -0.160. The van der Waals surface area contributed by atoms with Crippen molar-refractivity contribution in [1.82, 2.24) is 25.3 Å². The molecule has 8 heteroatoms. The van der Waals surface area contributed by atoms with E-state index >= 15 is 0 Å². The van der Waals surface area contributed by atoms with Gasteiger partial charge in [0.05, 0.1) is 19.8 Å². The van der Waals surface area contributed by atoms with Gasteiger partial charge in [-0.25, -0.2) is 0 Å². The Bertz CT molecular complexity index is 494. The van der Waals surface area contributed by atoms with Gasteiger partial charge in [0.25, 0.3) is 0 Å². The fourth-order valence-electron chi connectivity index (χ4n) is 5.05. The second kappa shape index (κ2) is 14.1. The van der Waals surface area contributed by atoms with Crippen molar-refractivity contribution in [3.63, 3.8) is 0 Å². The third-order valence-electron chi connectivity index (χ3n) is 6.87. The minimum absolute atomic E-state index is 0. The monoisotopic (exact) mass is 536 g/mol. The summed E-state index contributed by atoms with van der Waals surface area (Å²) >= 11 is 0. The summed E-state index contributed by atoms with van der Waals surface area (Å²) in [5, 5.41) is 7.07. The molecule has 3 aliphatic rings. The van der Waals surface area contributed by atoms with E-state index in [4.69, 9.17) is 9.73 Å². The van der Waals surface area contributed by atoms with E-state index in [0.717, 1.165) is 58.4 Å². The fraction of sp³-hybridized carbons (Fsp3) is 0.955. The first-order valence-electron chi connectivity index (χ1n) is 12.0. The van der Waals surface area contributed by atoms with E-state index in [-0.39, 0.29) is 29.5 Å². The highest BCUT2D eigenvalue weighted by Crippen LogP contribution is 2.34. The maximum Gasteiger partial charge on any atom is 0.191 e. The van der Waals surface area contributed by atoms with Gasteiger partial charge in [-0.2, -0.15) is 0 Å². The van der Waals surface area contributed by atoms with Crippen molar-refractivity contribution >= 4 is 29.9 Å². The van der Waals surface area contributed by atoms with Crippen molar-refractivity contribution in [1.29, 1.82) is 0 Å². The molecule has 1 saturated carbocycles. The Labute approximate surface area is 201 Å². The van der Waals surface area contributed by atoms with Gasteiger partial charge in [0, 0.05) is 51.4 Å². The number of nitrogens with zero attached hydrogens (tertiary/aromatic N) is 4. The first kappa shape index (κ1) is 26.1. The number of rotatable bonds is 7. The van der Waals surface area contributed by atoms with Crippen LogP contribution < -0.4 is 10.6 Å². The Morgan fingerprint density at radius 1 is 0.933 bits per heavy atom. The van der Waals surface area contributed by atoms with Crippen molar-refractivity contribution in [3.05, 3.63) is 0 Å². The van der Waals surface area contributed by atoms with Crippen LogP contribution in [0.4, 0.5) is 0 Å². The SMILES string of the molecule is CCNC(=NCC1(N2CCOCC2)CCCCC1)NCCN1CCCN(C)CC1.I. The van der Waals surface area contributed by atoms with Crippen LogP contribution in [0, 0.1) is 0 Å². The molecule has 30 heavy (non-hydrogen) atoms. The molecule has 0 aromatic heterocycles. The molecule has 0 spiro atoms. The van der Waals surface area contributed by atoms with Gasteiger partial charge in [-0.15, -0.1) is 24.0 Å². The fourth-order valence-corrected chi connectivity index (χ4v) is 5.05. The van der Waals surface area contributed by atoms with Crippen LogP contribution in [0.3, 0.4) is 0 Å². The molecule has 0 aromatic rings. The molecule has 176 valence electrons. The summed E-state index contributed by atoms with van der Waals surface area (Å²) in [6.45, 7) is 14.6. The zero-order valence-electron chi connectivity index (χ0n) is 19.3. The van der Waals surface area contributed by atoms with Crippen molar-refractivity contribution < 1.29 is 4.74 Å². The first-order valence-corrected chi connectivity index (χ1v) is 12.0. The second-order valence-electron chi connectivity index (χ2n) is 9.00. The topological polar surface area (TPSA) is 55.4 Å². The number of halogens is 1. The van der Waals surface area contributed by atoms with Crippen LogP contribution in [0.1, 0.15) is 45.4 Å². The number of hydrogen-bond acceptors (Lipinski definition) is 5. The molecule has 2 saturated heterocycles. The first-order chi connectivity index (χ1) is 14.2. The summed E-state index contributed by atoms with van der Waals surface area (Å²) in [4.78, 5) is 12.8. The van der Waals surface area contributed by atoms with E-state index in [9.17, 15) is 0 Å². The van der Waals surface area contributed by atoms with Crippen LogP contribution in [0.2, 0.25) is 0 Å². The van der Waals surface area contributed by atoms with E-state index < -0.39 is 0 Å². The Morgan fingerprint density at radius 2 is 1.70 bits per heavy atom. The standard InChI is InChI=1S/C22H44N6O.HI/c1-3-23-21(24-10-13-27-12-7-11-26(2)14-15-27)25-20-22(8-5-4-6-9-22)28-16-18-29-19-17-28;/h3-20H2,1-2H3,(H2,23,24,25);1H. The number of ether oxygens (including phenoxy) is 1. The average Bonchev–Trinajstić information content (AvgIpc) is 2.97. The maximum absolute atomic E-state index is 5.62. The van der Waals surface area contributed by atoms with Gasteiger partial charge in [0.1, 0.15) is 0 Å². The lowest BCUT2D eigenvalue weighted by atomic mass is 9.80. The summed E-state index contributed by atoms with van der Waals surface area (Å²) in [5.74, 6) is 0.984. The summed E-state index contributed by atoms with van der Waals surface area (Å²) in [6.07, 6.45) is 7.86. The van der Waals surface area contributed by atoms with Crippen molar-refractivity contribution in [2.24, 2.45) is 4.99 Å². The minimum Gasteiger partial charge on any atom is -0.379 e. The largest absolute Gasteiger partial charge is 0.379 e. The Balaban J connectivity index is 0.00000320. The van der Waals surface area contributed by atoms with Crippen LogP contribution in [-0.4, -0.2) is 112 Å². The van der Waals surface area contributed by atoms with Crippen LogP contribution in [0.15, 0.2) is 4.99 Å². The van der Waals surface area contributed by atoms with Gasteiger partial charge in [-0.05, 0) is 46.3 Å². The molecule has 7 nitrogen and oxygen atoms in total. The van der Waals surface area contributed by atoms with E-state index in [1.165, 1.54) is 64.7 Å². The molecule has 2 aliphatic heterocycles. The molecule has 2 N–H and O–H groups in total. The molecule has 2 heterocycles. The second-order valence-corrected chi connectivity index (χ2v) is 9.00. The highest BCUT2D eigenvalue weighted by Gasteiger charge is 2.38. The number of morpholine rings is 1. The zero-order chi connectivity index (χ0) is 20.4. The van der Waals surface area contributed by atoms with Crippen LogP contribution >= 0.6 is 24.0 Å². The van der Waals surface area contributed by atoms with Gasteiger partial charge < -0.3 is 25.2 Å². The number of likely N-dealkylation sites (N-methyl/N-ethyl adjacent to an activating group) is 1. The number of hydrogen-bond donors (Lipinski definition) is 2. The highest BCUT2D eigenvalue weighted by molar-refractivity contribution is 14.0. The highest BCUT2D eigenvalue weighted by atomic mass is 127. The van der Waals surface area contributed by atoms with Gasteiger partial charge >= 0.3 is 0 Å². The molecule has 1 aliphatic carbocycles. The summed E-state index contributed by atoms with van der Waals surface area (Å²) in [5.41, 5.74) is 0.236. The van der Waals surface area contributed by atoms with E-state index in [1.807, 2.05) is 0 Å². The molecule has 0 amide bonds. The quantitative estimate of drug-likeness (QED) is 0.294. The van der Waals surface area contributed by atoms with Gasteiger partial charge in [0.2, 0.25) is 0 Å². The maximum atomic E-state index is 5.62. The molecule has 0 bridgehead atoms. The van der Waals surface area contributed by atoms with Crippen molar-refractivity contribution in [3.8, 4) is 0 Å². The summed E-state index contributed by atoms with van der Waals surface area (Å²) in [6, 6.07) is 0. The lowest BCUT2D eigenvalue weighted by Crippen LogP contribution is -2.56. The Kier molecular flexibility index (Phi) is 12.2.